The SMILES string of the molecule is O=C(NC1c2ccccc2CC1Br)C1CC2CC2C1. The van der Waals surface area contributed by atoms with E-state index in [0.29, 0.717) is 4.83 Å². The first-order chi connectivity index (χ1) is 9.22. The van der Waals surface area contributed by atoms with Crippen LogP contribution in [0.2, 0.25) is 0 Å². The Morgan fingerprint density at radius 1 is 1.16 bits per heavy atom. The minimum atomic E-state index is 0.153. The van der Waals surface area contributed by atoms with Crippen molar-refractivity contribution in [3.8, 4) is 0 Å². The first kappa shape index (κ1) is 12.0. The Hall–Kier alpha value is -0.830. The molecule has 4 atom stereocenters. The zero-order valence-corrected chi connectivity index (χ0v) is 12.4. The summed E-state index contributed by atoms with van der Waals surface area (Å²) in [6, 6.07) is 8.61. The Kier molecular flexibility index (Phi) is 2.73. The summed E-state index contributed by atoms with van der Waals surface area (Å²) in [5.74, 6) is 2.28. The Morgan fingerprint density at radius 3 is 2.68 bits per heavy atom. The summed E-state index contributed by atoms with van der Waals surface area (Å²) in [4.78, 5) is 12.7. The average molecular weight is 320 g/mol. The van der Waals surface area contributed by atoms with Crippen molar-refractivity contribution in [1.29, 1.82) is 0 Å². The number of hydrogen-bond acceptors (Lipinski definition) is 1. The van der Waals surface area contributed by atoms with Gasteiger partial charge in [0.2, 0.25) is 5.91 Å². The lowest BCUT2D eigenvalue weighted by molar-refractivity contribution is -0.125. The maximum absolute atomic E-state index is 12.4. The number of halogens is 1. The number of hydrogen-bond donors (Lipinski definition) is 1. The molecule has 100 valence electrons. The fourth-order valence-corrected chi connectivity index (χ4v) is 4.68. The van der Waals surface area contributed by atoms with E-state index < -0.39 is 0 Å². The quantitative estimate of drug-likeness (QED) is 0.833. The van der Waals surface area contributed by atoms with Gasteiger partial charge in [0.15, 0.2) is 0 Å². The fourth-order valence-electron chi connectivity index (χ4n) is 3.91. The maximum Gasteiger partial charge on any atom is 0.223 e. The molecule has 1 amide bonds. The van der Waals surface area contributed by atoms with E-state index in [2.05, 4.69) is 45.5 Å². The Balaban J connectivity index is 1.49. The molecule has 2 saturated carbocycles. The molecule has 3 aliphatic carbocycles. The van der Waals surface area contributed by atoms with Gasteiger partial charge in [0.1, 0.15) is 0 Å². The Morgan fingerprint density at radius 2 is 1.89 bits per heavy atom. The van der Waals surface area contributed by atoms with Gasteiger partial charge in [0.05, 0.1) is 6.04 Å². The van der Waals surface area contributed by atoms with E-state index in [1.807, 2.05) is 0 Å². The van der Waals surface area contributed by atoms with Crippen LogP contribution < -0.4 is 5.32 Å². The van der Waals surface area contributed by atoms with Crippen LogP contribution in [0.3, 0.4) is 0 Å². The van der Waals surface area contributed by atoms with Crippen molar-refractivity contribution in [2.45, 2.75) is 36.6 Å². The summed E-state index contributed by atoms with van der Waals surface area (Å²) in [7, 11) is 0. The molecular formula is C16H18BrNO. The third-order valence-electron chi connectivity index (χ3n) is 5.08. The molecule has 0 heterocycles. The van der Waals surface area contributed by atoms with Crippen molar-refractivity contribution >= 4 is 21.8 Å². The second kappa shape index (κ2) is 4.34. The number of alkyl halides is 1. The van der Waals surface area contributed by atoms with Crippen molar-refractivity contribution in [3.63, 3.8) is 0 Å². The smallest absolute Gasteiger partial charge is 0.223 e. The van der Waals surface area contributed by atoms with Crippen molar-refractivity contribution < 1.29 is 4.79 Å². The van der Waals surface area contributed by atoms with Crippen LogP contribution in [-0.2, 0) is 11.2 Å². The van der Waals surface area contributed by atoms with Crippen molar-refractivity contribution in [3.05, 3.63) is 35.4 Å². The molecule has 4 unspecified atom stereocenters. The lowest BCUT2D eigenvalue weighted by Crippen LogP contribution is -2.35. The molecule has 3 aliphatic rings. The zero-order valence-electron chi connectivity index (χ0n) is 10.8. The summed E-state index contributed by atoms with van der Waals surface area (Å²) in [5, 5.41) is 3.28. The van der Waals surface area contributed by atoms with Crippen molar-refractivity contribution in [2.24, 2.45) is 17.8 Å². The standard InChI is InChI=1S/C16H18BrNO/c17-14-8-9-3-1-2-4-13(9)15(14)18-16(19)12-6-10-5-11(10)7-12/h1-4,10-12,14-15H,5-8H2,(H,18,19). The summed E-state index contributed by atoms with van der Waals surface area (Å²) < 4.78 is 0. The molecule has 0 bridgehead atoms. The normalized spacial score (nSPS) is 38.7. The van der Waals surface area contributed by atoms with Crippen LogP contribution in [0.5, 0.6) is 0 Å². The molecule has 1 aromatic carbocycles. The lowest BCUT2D eigenvalue weighted by Gasteiger charge is -2.21. The van der Waals surface area contributed by atoms with Gasteiger partial charge in [-0.2, -0.15) is 0 Å². The van der Waals surface area contributed by atoms with E-state index in [0.717, 1.165) is 31.1 Å². The maximum atomic E-state index is 12.4. The van der Waals surface area contributed by atoms with Gasteiger partial charge in [-0.3, -0.25) is 4.79 Å². The van der Waals surface area contributed by atoms with E-state index in [4.69, 9.17) is 0 Å². The van der Waals surface area contributed by atoms with Gasteiger partial charge in [-0.15, -0.1) is 0 Å². The molecule has 2 fully saturated rings. The number of carbonyl (C=O) groups is 1. The lowest BCUT2D eigenvalue weighted by atomic mass is 10.0. The van der Waals surface area contributed by atoms with E-state index in [1.54, 1.807) is 0 Å². The average Bonchev–Trinajstić information content (AvgIpc) is 2.89. The number of carbonyl (C=O) groups excluding carboxylic acids is 1. The van der Waals surface area contributed by atoms with Gasteiger partial charge >= 0.3 is 0 Å². The molecule has 19 heavy (non-hydrogen) atoms. The van der Waals surface area contributed by atoms with Gasteiger partial charge < -0.3 is 5.32 Å². The molecule has 1 N–H and O–H groups in total. The fraction of sp³-hybridized carbons (Fsp3) is 0.562. The summed E-state index contributed by atoms with van der Waals surface area (Å²) in [5.41, 5.74) is 2.66. The van der Waals surface area contributed by atoms with Crippen LogP contribution in [0.15, 0.2) is 24.3 Å². The molecule has 0 spiro atoms. The van der Waals surface area contributed by atoms with Gasteiger partial charge in [-0.25, -0.2) is 0 Å². The zero-order chi connectivity index (χ0) is 13.0. The Bertz CT molecular complexity index is 519. The first-order valence-electron chi connectivity index (χ1n) is 7.24. The predicted octanol–water partition coefficient (Wildman–Crippen LogP) is 3.21. The van der Waals surface area contributed by atoms with Gasteiger partial charge in [-0.05, 0) is 48.6 Å². The van der Waals surface area contributed by atoms with E-state index in [1.165, 1.54) is 17.5 Å². The third-order valence-corrected chi connectivity index (χ3v) is 5.93. The minimum absolute atomic E-state index is 0.153. The molecule has 4 rings (SSSR count). The molecule has 0 saturated heterocycles. The number of nitrogens with one attached hydrogen (secondary N) is 1. The van der Waals surface area contributed by atoms with Crippen LogP contribution >= 0.6 is 15.9 Å². The van der Waals surface area contributed by atoms with Crippen LogP contribution in [0.1, 0.15) is 36.4 Å². The number of rotatable bonds is 2. The third kappa shape index (κ3) is 2.03. The summed E-state index contributed by atoms with van der Waals surface area (Å²) >= 11 is 3.73. The second-order valence-corrected chi connectivity index (χ2v) is 7.51. The molecule has 0 aliphatic heterocycles. The number of fused-ring (bicyclic) bond motifs is 2. The highest BCUT2D eigenvalue weighted by molar-refractivity contribution is 9.09. The highest BCUT2D eigenvalue weighted by atomic mass is 79.9. The van der Waals surface area contributed by atoms with Crippen LogP contribution in [0, 0.1) is 17.8 Å². The largest absolute Gasteiger partial charge is 0.348 e. The number of benzene rings is 1. The summed E-state index contributed by atoms with van der Waals surface area (Å²) in [6.07, 6.45) is 4.63. The summed E-state index contributed by atoms with van der Waals surface area (Å²) in [6.45, 7) is 0. The molecule has 0 radical (unpaired) electrons. The van der Waals surface area contributed by atoms with Crippen LogP contribution in [0.4, 0.5) is 0 Å². The van der Waals surface area contributed by atoms with E-state index >= 15 is 0 Å². The van der Waals surface area contributed by atoms with Gasteiger partial charge in [-0.1, -0.05) is 40.2 Å². The van der Waals surface area contributed by atoms with Crippen LogP contribution in [0.25, 0.3) is 0 Å². The molecule has 0 aromatic heterocycles. The van der Waals surface area contributed by atoms with Gasteiger partial charge in [0, 0.05) is 10.7 Å². The molecular weight excluding hydrogens is 302 g/mol. The second-order valence-electron chi connectivity index (χ2n) is 6.33. The monoisotopic (exact) mass is 319 g/mol. The van der Waals surface area contributed by atoms with Gasteiger partial charge in [0.25, 0.3) is 0 Å². The topological polar surface area (TPSA) is 29.1 Å². The number of amides is 1. The van der Waals surface area contributed by atoms with E-state index in [9.17, 15) is 4.79 Å². The van der Waals surface area contributed by atoms with Crippen molar-refractivity contribution in [2.75, 3.05) is 0 Å². The van der Waals surface area contributed by atoms with Crippen LogP contribution in [-0.4, -0.2) is 10.7 Å². The predicted molar refractivity (Wildman–Crippen MR) is 78.1 cm³/mol. The first-order valence-corrected chi connectivity index (χ1v) is 8.16. The molecule has 1 aromatic rings. The Labute approximate surface area is 122 Å². The highest BCUT2D eigenvalue weighted by Gasteiger charge is 2.48. The molecule has 2 nitrogen and oxygen atoms in total. The highest BCUT2D eigenvalue weighted by Crippen LogP contribution is 2.54. The minimum Gasteiger partial charge on any atom is -0.348 e. The van der Waals surface area contributed by atoms with Crippen molar-refractivity contribution in [1.82, 2.24) is 5.32 Å². The van der Waals surface area contributed by atoms with E-state index in [-0.39, 0.29) is 17.9 Å². The molecule has 3 heteroatoms.